The monoisotopic (exact) mass is 703 g/mol. The number of piperazine rings is 1. The smallest absolute Gasteiger partial charge is 0.259 e. The van der Waals surface area contributed by atoms with E-state index in [1.165, 1.54) is 12.0 Å². The quantitative estimate of drug-likeness (QED) is 0.138. The van der Waals surface area contributed by atoms with Crippen LogP contribution in [0, 0.1) is 6.92 Å². The molecule has 12 nitrogen and oxygen atoms in total. The third kappa shape index (κ3) is 7.53. The highest BCUT2D eigenvalue weighted by atomic mass is 16.5. The Morgan fingerprint density at radius 2 is 1.85 bits per heavy atom. The summed E-state index contributed by atoms with van der Waals surface area (Å²) >= 11 is 0. The Bertz CT molecular complexity index is 2060. The van der Waals surface area contributed by atoms with Crippen LogP contribution < -0.4 is 19.7 Å². The number of aromatic nitrogens is 3. The Labute approximate surface area is 303 Å². The van der Waals surface area contributed by atoms with E-state index in [2.05, 4.69) is 39.1 Å². The fourth-order valence-electron chi connectivity index (χ4n) is 6.49. The summed E-state index contributed by atoms with van der Waals surface area (Å²) in [6.45, 7) is 7.07. The van der Waals surface area contributed by atoms with Crippen molar-refractivity contribution < 1.29 is 23.9 Å². The lowest BCUT2D eigenvalue weighted by atomic mass is 10.0. The number of hydrogen-bond donors (Lipinski definition) is 2. The Morgan fingerprint density at radius 3 is 2.56 bits per heavy atom. The molecule has 2 amide bonds. The number of para-hydroxylation sites is 1. The zero-order valence-corrected chi connectivity index (χ0v) is 30.3. The number of fused-ring (bicyclic) bond motifs is 1. The predicted molar refractivity (Wildman–Crippen MR) is 202 cm³/mol. The highest BCUT2D eigenvalue weighted by Gasteiger charge is 2.41. The number of unbranched alkanes of at least 4 members (excludes halogenated alkanes) is 1. The van der Waals surface area contributed by atoms with Crippen molar-refractivity contribution in [2.24, 2.45) is 0 Å². The molecule has 0 bridgehead atoms. The second-order valence-corrected chi connectivity index (χ2v) is 13.2. The molecule has 0 radical (unpaired) electrons. The molecule has 2 aromatic heterocycles. The molecule has 3 aromatic carbocycles. The molecule has 1 fully saturated rings. The number of H-pyrrole nitrogens is 1. The van der Waals surface area contributed by atoms with E-state index in [1.54, 1.807) is 43.7 Å². The Balaban J connectivity index is 1.25. The largest absolute Gasteiger partial charge is 0.496 e. The molecule has 5 aromatic rings. The molecule has 3 heterocycles. The van der Waals surface area contributed by atoms with E-state index in [0.29, 0.717) is 53.5 Å². The lowest BCUT2D eigenvalue weighted by molar-refractivity contribution is -0.146. The Hall–Kier alpha value is -5.59. The molecule has 52 heavy (non-hydrogen) atoms. The van der Waals surface area contributed by atoms with Gasteiger partial charge in [-0.15, -0.1) is 0 Å². The van der Waals surface area contributed by atoms with Gasteiger partial charge in [-0.05, 0) is 80.6 Å². The number of nitrogens with zero attached hydrogens (tertiary/aromatic N) is 5. The summed E-state index contributed by atoms with van der Waals surface area (Å²) in [7, 11) is 5.20. The van der Waals surface area contributed by atoms with Crippen molar-refractivity contribution >= 4 is 40.5 Å². The number of likely N-dealkylation sites (N-methyl/N-ethyl adjacent to an activating group) is 1. The standard InChI is InChI=1S/C40H45N7O5/c1-6-7-17-40(26-48,47-21-19-45(3)20-22-47)52-35-23-27(2)13-16-33(35)46(4)39(50)28-14-15-30(34(24-28)51-5)38(49)43-32-12-8-11-31-36(32)44-37(42-31)29-10-9-18-41-25-29/h8-16,18,23-26H,6-7,17,19-22H2,1-5H3,(H,42,44)(H,43,49). The van der Waals surface area contributed by atoms with E-state index in [1.807, 2.05) is 49.4 Å². The van der Waals surface area contributed by atoms with Gasteiger partial charge >= 0.3 is 0 Å². The lowest BCUT2D eigenvalue weighted by Crippen LogP contribution is -2.60. The van der Waals surface area contributed by atoms with E-state index < -0.39 is 11.6 Å². The van der Waals surface area contributed by atoms with Gasteiger partial charge in [0.15, 0.2) is 6.29 Å². The molecule has 1 saturated heterocycles. The number of ether oxygens (including phenoxy) is 2. The molecule has 0 saturated carbocycles. The van der Waals surface area contributed by atoms with Gasteiger partial charge in [-0.3, -0.25) is 24.3 Å². The number of aryl methyl sites for hydroxylation is 1. The average Bonchev–Trinajstić information content (AvgIpc) is 3.62. The fourth-order valence-corrected chi connectivity index (χ4v) is 6.49. The van der Waals surface area contributed by atoms with Crippen LogP contribution in [0.4, 0.5) is 11.4 Å². The summed E-state index contributed by atoms with van der Waals surface area (Å²) in [5.74, 6) is 0.553. The SMILES string of the molecule is CCCCC(C=O)(Oc1cc(C)ccc1N(C)C(=O)c1ccc(C(=O)Nc2cccc3[nH]c(-c4cccnc4)nc23)c(OC)c1)N1CCN(C)CC1. The first kappa shape index (κ1) is 36.2. The molecule has 12 heteroatoms. The van der Waals surface area contributed by atoms with Crippen molar-refractivity contribution in [3.05, 3.63) is 95.8 Å². The zero-order valence-electron chi connectivity index (χ0n) is 30.3. The van der Waals surface area contributed by atoms with Gasteiger partial charge < -0.3 is 29.6 Å². The average molecular weight is 704 g/mol. The number of aldehydes is 1. The number of imidazole rings is 1. The molecule has 1 unspecified atom stereocenters. The van der Waals surface area contributed by atoms with Crippen LogP contribution in [0.25, 0.3) is 22.4 Å². The fraction of sp³-hybridized carbons (Fsp3) is 0.325. The molecule has 0 spiro atoms. The molecular weight excluding hydrogens is 658 g/mol. The van der Waals surface area contributed by atoms with Crippen molar-refractivity contribution in [1.29, 1.82) is 0 Å². The topological polar surface area (TPSA) is 133 Å². The number of nitrogens with one attached hydrogen (secondary N) is 2. The second kappa shape index (κ2) is 15.7. The maximum Gasteiger partial charge on any atom is 0.259 e. The van der Waals surface area contributed by atoms with Crippen molar-refractivity contribution in [3.8, 4) is 22.9 Å². The van der Waals surface area contributed by atoms with Gasteiger partial charge in [0.25, 0.3) is 11.8 Å². The molecule has 1 aliphatic heterocycles. The first-order chi connectivity index (χ1) is 25.2. The van der Waals surface area contributed by atoms with Crippen LogP contribution >= 0.6 is 0 Å². The van der Waals surface area contributed by atoms with E-state index in [0.717, 1.165) is 48.9 Å². The van der Waals surface area contributed by atoms with E-state index in [-0.39, 0.29) is 17.2 Å². The van der Waals surface area contributed by atoms with E-state index in [4.69, 9.17) is 14.5 Å². The van der Waals surface area contributed by atoms with Gasteiger partial charge in [0.1, 0.15) is 22.8 Å². The molecule has 0 aliphatic carbocycles. The molecule has 2 N–H and O–H groups in total. The number of methoxy groups -OCH3 is 1. The number of carbonyl (C=O) groups excluding carboxylic acids is 3. The van der Waals surface area contributed by atoms with Gasteiger partial charge in [-0.1, -0.05) is 25.5 Å². The third-order valence-electron chi connectivity index (χ3n) is 9.57. The van der Waals surface area contributed by atoms with Gasteiger partial charge in [-0.25, -0.2) is 4.98 Å². The normalized spacial score (nSPS) is 14.8. The number of amides is 2. The number of rotatable bonds is 13. The molecule has 1 atom stereocenters. The molecule has 6 rings (SSSR count). The molecule has 270 valence electrons. The predicted octanol–water partition coefficient (Wildman–Crippen LogP) is 6.18. The minimum Gasteiger partial charge on any atom is -0.496 e. The maximum absolute atomic E-state index is 14.0. The van der Waals surface area contributed by atoms with Crippen LogP contribution in [0.1, 0.15) is 52.5 Å². The highest BCUT2D eigenvalue weighted by molar-refractivity contribution is 6.11. The van der Waals surface area contributed by atoms with E-state index in [9.17, 15) is 14.4 Å². The number of benzene rings is 3. The lowest BCUT2D eigenvalue weighted by Gasteiger charge is -2.44. The van der Waals surface area contributed by atoms with Crippen LogP contribution in [0.2, 0.25) is 0 Å². The highest BCUT2D eigenvalue weighted by Crippen LogP contribution is 2.36. The summed E-state index contributed by atoms with van der Waals surface area (Å²) < 4.78 is 12.3. The first-order valence-corrected chi connectivity index (χ1v) is 17.5. The number of anilines is 2. The van der Waals surface area contributed by atoms with Crippen LogP contribution in [-0.2, 0) is 4.79 Å². The molecule has 1 aliphatic rings. The zero-order chi connectivity index (χ0) is 36.8. The summed E-state index contributed by atoms with van der Waals surface area (Å²) in [4.78, 5) is 58.6. The van der Waals surface area contributed by atoms with Crippen molar-refractivity contribution in [3.63, 3.8) is 0 Å². The number of carbonyl (C=O) groups is 3. The summed E-state index contributed by atoms with van der Waals surface area (Å²) in [6.07, 6.45) is 6.58. The van der Waals surface area contributed by atoms with Crippen LogP contribution in [0.3, 0.4) is 0 Å². The van der Waals surface area contributed by atoms with Crippen LogP contribution in [0.15, 0.2) is 79.1 Å². The van der Waals surface area contributed by atoms with Gasteiger partial charge in [-0.2, -0.15) is 0 Å². The Morgan fingerprint density at radius 1 is 1.04 bits per heavy atom. The summed E-state index contributed by atoms with van der Waals surface area (Å²) in [5, 5.41) is 2.96. The third-order valence-corrected chi connectivity index (χ3v) is 9.57. The summed E-state index contributed by atoms with van der Waals surface area (Å²) in [5.41, 5.74) is 3.54. The molecular formula is C40H45N7O5. The van der Waals surface area contributed by atoms with Gasteiger partial charge in [0, 0.05) is 63.2 Å². The number of pyridine rings is 1. The van der Waals surface area contributed by atoms with Crippen molar-refractivity contribution in [2.45, 2.75) is 38.8 Å². The van der Waals surface area contributed by atoms with Crippen LogP contribution in [0.5, 0.6) is 11.5 Å². The van der Waals surface area contributed by atoms with E-state index >= 15 is 0 Å². The van der Waals surface area contributed by atoms with Crippen LogP contribution in [-0.4, -0.2) is 96.0 Å². The number of hydrogen-bond acceptors (Lipinski definition) is 9. The first-order valence-electron chi connectivity index (χ1n) is 17.5. The summed E-state index contributed by atoms with van der Waals surface area (Å²) in [6, 6.07) is 19.6. The second-order valence-electron chi connectivity index (χ2n) is 13.2. The maximum atomic E-state index is 14.0. The van der Waals surface area contributed by atoms with Crippen molar-refractivity contribution in [1.82, 2.24) is 24.8 Å². The minimum atomic E-state index is -1.16. The number of aromatic amines is 1. The van der Waals surface area contributed by atoms with Gasteiger partial charge in [0.05, 0.1) is 29.6 Å². The Kier molecular flexibility index (Phi) is 11.0. The van der Waals surface area contributed by atoms with Crippen molar-refractivity contribution in [2.75, 3.05) is 57.6 Å². The minimum absolute atomic E-state index is 0.233. The van der Waals surface area contributed by atoms with Gasteiger partial charge in [0.2, 0.25) is 5.72 Å².